The molecule has 17 heavy (non-hydrogen) atoms. The van der Waals surface area contributed by atoms with Crippen molar-refractivity contribution >= 4 is 27.5 Å². The summed E-state index contributed by atoms with van der Waals surface area (Å²) in [4.78, 5) is 0. The highest BCUT2D eigenvalue weighted by molar-refractivity contribution is 9.10. The first-order chi connectivity index (χ1) is 7.79. The molecule has 2 heteroatoms. The number of hydrogen-bond acceptors (Lipinski definition) is 0. The molecule has 0 aliphatic carbocycles. The molecule has 0 aromatic heterocycles. The van der Waals surface area contributed by atoms with Gasteiger partial charge in [0, 0.05) is 9.85 Å². The van der Waals surface area contributed by atoms with Crippen LogP contribution < -0.4 is 0 Å². The van der Waals surface area contributed by atoms with Crippen molar-refractivity contribution in [2.75, 3.05) is 0 Å². The molecule has 2 unspecified atom stereocenters. The minimum atomic E-state index is 0.221. The maximum absolute atomic E-state index is 6.45. The Hall–Kier alpha value is -0.0100. The van der Waals surface area contributed by atoms with Gasteiger partial charge >= 0.3 is 0 Å². The number of benzene rings is 1. The van der Waals surface area contributed by atoms with E-state index < -0.39 is 0 Å². The summed E-state index contributed by atoms with van der Waals surface area (Å²) in [5.41, 5.74) is 1.64. The molecule has 0 bridgehead atoms. The van der Waals surface area contributed by atoms with Gasteiger partial charge in [0.15, 0.2) is 0 Å². The maximum atomic E-state index is 6.45. The lowest BCUT2D eigenvalue weighted by Gasteiger charge is -2.29. The van der Waals surface area contributed by atoms with Crippen LogP contribution in [0.2, 0.25) is 0 Å². The van der Waals surface area contributed by atoms with Crippen LogP contribution in [0.3, 0.4) is 0 Å². The van der Waals surface area contributed by atoms with Gasteiger partial charge in [-0.25, -0.2) is 0 Å². The third kappa shape index (κ3) is 5.44. The van der Waals surface area contributed by atoms with Crippen LogP contribution in [0.4, 0.5) is 0 Å². The topological polar surface area (TPSA) is 0 Å². The van der Waals surface area contributed by atoms with E-state index in [0.29, 0.717) is 11.3 Å². The Morgan fingerprint density at radius 2 is 1.94 bits per heavy atom. The normalized spacial score (nSPS) is 15.6. The van der Waals surface area contributed by atoms with Gasteiger partial charge in [-0.05, 0) is 41.9 Å². The molecule has 1 aromatic rings. The van der Waals surface area contributed by atoms with E-state index in [1.807, 2.05) is 6.07 Å². The lowest BCUT2D eigenvalue weighted by molar-refractivity contribution is 0.244. The second-order valence-electron chi connectivity index (χ2n) is 5.93. The molecule has 96 valence electrons. The van der Waals surface area contributed by atoms with Gasteiger partial charge in [0.2, 0.25) is 0 Å². The molecule has 0 radical (unpaired) electrons. The van der Waals surface area contributed by atoms with Crippen LogP contribution in [0.15, 0.2) is 28.7 Å². The van der Waals surface area contributed by atoms with E-state index in [1.54, 1.807) is 0 Å². The summed E-state index contributed by atoms with van der Waals surface area (Å²) in [6, 6.07) is 8.40. The predicted octanol–water partition coefficient (Wildman–Crippen LogP) is 5.67. The van der Waals surface area contributed by atoms with Crippen molar-refractivity contribution in [1.82, 2.24) is 0 Å². The number of hydrogen-bond donors (Lipinski definition) is 0. The van der Waals surface area contributed by atoms with E-state index in [9.17, 15) is 0 Å². The van der Waals surface area contributed by atoms with E-state index >= 15 is 0 Å². The molecule has 2 atom stereocenters. The molecule has 1 rings (SSSR count). The van der Waals surface area contributed by atoms with Crippen LogP contribution in [0.1, 0.15) is 39.7 Å². The number of halogens is 2. The Morgan fingerprint density at radius 3 is 2.47 bits per heavy atom. The monoisotopic (exact) mass is 316 g/mol. The van der Waals surface area contributed by atoms with Gasteiger partial charge in [-0.2, -0.15) is 0 Å². The number of alkyl halides is 1. The van der Waals surface area contributed by atoms with Crippen molar-refractivity contribution in [2.45, 2.75) is 45.9 Å². The molecule has 0 N–H and O–H groups in total. The quantitative estimate of drug-likeness (QED) is 0.627. The zero-order chi connectivity index (χ0) is 13.1. The van der Waals surface area contributed by atoms with E-state index in [-0.39, 0.29) is 5.38 Å². The van der Waals surface area contributed by atoms with Crippen LogP contribution in [-0.4, -0.2) is 5.38 Å². The average Bonchev–Trinajstić information content (AvgIpc) is 2.15. The standard InChI is InChI=1S/C15H22BrCl/c1-11(15(2,3)4)8-14(17)10-12-6-5-7-13(16)9-12/h5-7,9,11,14H,8,10H2,1-4H3. The highest BCUT2D eigenvalue weighted by Gasteiger charge is 2.22. The van der Waals surface area contributed by atoms with Crippen LogP contribution in [0, 0.1) is 11.3 Å². The fraction of sp³-hybridized carbons (Fsp3) is 0.600. The van der Waals surface area contributed by atoms with E-state index in [4.69, 9.17) is 11.6 Å². The van der Waals surface area contributed by atoms with Crippen molar-refractivity contribution in [3.05, 3.63) is 34.3 Å². The van der Waals surface area contributed by atoms with E-state index in [0.717, 1.165) is 17.3 Å². The molecule has 0 spiro atoms. The highest BCUT2D eigenvalue weighted by atomic mass is 79.9. The minimum absolute atomic E-state index is 0.221. The molecule has 1 aromatic carbocycles. The second-order valence-corrected chi connectivity index (χ2v) is 7.47. The van der Waals surface area contributed by atoms with Gasteiger partial charge in [-0.15, -0.1) is 11.6 Å². The van der Waals surface area contributed by atoms with Gasteiger partial charge in [-0.1, -0.05) is 55.8 Å². The Kier molecular flexibility index (Phi) is 5.53. The van der Waals surface area contributed by atoms with Gasteiger partial charge in [0.1, 0.15) is 0 Å². The molecule has 0 saturated carbocycles. The van der Waals surface area contributed by atoms with Gasteiger partial charge in [-0.3, -0.25) is 0 Å². The molecule has 0 fully saturated rings. The Labute approximate surface area is 119 Å². The predicted molar refractivity (Wildman–Crippen MR) is 80.7 cm³/mol. The molecule has 0 heterocycles. The Balaban J connectivity index is 2.53. The lowest BCUT2D eigenvalue weighted by atomic mass is 9.79. The summed E-state index contributed by atoms with van der Waals surface area (Å²) >= 11 is 9.94. The van der Waals surface area contributed by atoms with Gasteiger partial charge < -0.3 is 0 Å². The van der Waals surface area contributed by atoms with Gasteiger partial charge in [0.25, 0.3) is 0 Å². The Morgan fingerprint density at radius 1 is 1.29 bits per heavy atom. The molecule has 0 aliphatic heterocycles. The van der Waals surface area contributed by atoms with Crippen LogP contribution in [-0.2, 0) is 6.42 Å². The van der Waals surface area contributed by atoms with E-state index in [1.165, 1.54) is 5.56 Å². The first-order valence-electron chi connectivity index (χ1n) is 6.17. The number of rotatable bonds is 4. The van der Waals surface area contributed by atoms with Crippen LogP contribution >= 0.6 is 27.5 Å². The SMILES string of the molecule is CC(CC(Cl)Cc1cccc(Br)c1)C(C)(C)C. The molecule has 0 saturated heterocycles. The van der Waals surface area contributed by atoms with Crippen LogP contribution in [0.25, 0.3) is 0 Å². The largest absolute Gasteiger partial charge is 0.123 e. The summed E-state index contributed by atoms with van der Waals surface area (Å²) in [5, 5.41) is 0.221. The summed E-state index contributed by atoms with van der Waals surface area (Å²) in [6.07, 6.45) is 2.01. The maximum Gasteiger partial charge on any atom is 0.0379 e. The molecule has 0 amide bonds. The zero-order valence-electron chi connectivity index (χ0n) is 11.1. The third-order valence-electron chi connectivity index (χ3n) is 3.43. The van der Waals surface area contributed by atoms with Crippen molar-refractivity contribution < 1.29 is 0 Å². The summed E-state index contributed by atoms with van der Waals surface area (Å²) < 4.78 is 1.13. The molecule has 0 nitrogen and oxygen atoms in total. The first kappa shape index (κ1) is 15.0. The highest BCUT2D eigenvalue weighted by Crippen LogP contribution is 2.31. The smallest absolute Gasteiger partial charge is 0.0379 e. The van der Waals surface area contributed by atoms with Crippen LogP contribution in [0.5, 0.6) is 0 Å². The minimum Gasteiger partial charge on any atom is -0.123 e. The first-order valence-corrected chi connectivity index (χ1v) is 7.40. The Bertz CT molecular complexity index is 354. The summed E-state index contributed by atoms with van der Waals surface area (Å²) in [5.74, 6) is 0.636. The summed E-state index contributed by atoms with van der Waals surface area (Å²) in [7, 11) is 0. The lowest BCUT2D eigenvalue weighted by Crippen LogP contribution is -2.21. The third-order valence-corrected chi connectivity index (χ3v) is 4.26. The van der Waals surface area contributed by atoms with E-state index in [2.05, 4.69) is 61.8 Å². The van der Waals surface area contributed by atoms with Crippen molar-refractivity contribution in [2.24, 2.45) is 11.3 Å². The zero-order valence-corrected chi connectivity index (χ0v) is 13.5. The van der Waals surface area contributed by atoms with Crippen molar-refractivity contribution in [3.63, 3.8) is 0 Å². The molecule has 0 aliphatic rings. The average molecular weight is 318 g/mol. The molecular formula is C15H22BrCl. The summed E-state index contributed by atoms with van der Waals surface area (Å²) in [6.45, 7) is 9.12. The fourth-order valence-electron chi connectivity index (χ4n) is 1.74. The second kappa shape index (κ2) is 6.24. The fourth-order valence-corrected chi connectivity index (χ4v) is 2.63. The van der Waals surface area contributed by atoms with Gasteiger partial charge in [0.05, 0.1) is 0 Å². The van der Waals surface area contributed by atoms with Crippen molar-refractivity contribution in [3.8, 4) is 0 Å². The molecular weight excluding hydrogens is 296 g/mol. The van der Waals surface area contributed by atoms with Crippen molar-refractivity contribution in [1.29, 1.82) is 0 Å².